The molecule has 1 aliphatic heterocycles. The van der Waals surface area contributed by atoms with E-state index in [-0.39, 0.29) is 11.6 Å². The second-order valence-corrected chi connectivity index (χ2v) is 6.44. The molecule has 0 saturated carbocycles. The van der Waals surface area contributed by atoms with E-state index in [0.29, 0.717) is 42.9 Å². The maximum absolute atomic E-state index is 11.4. The molecule has 0 aliphatic carbocycles. The lowest BCUT2D eigenvalue weighted by atomic mass is 10.0. The molecule has 0 spiro atoms. The zero-order valence-electron chi connectivity index (χ0n) is 11.7. The predicted molar refractivity (Wildman–Crippen MR) is 82.1 cm³/mol. The minimum Gasteiger partial charge on any atom is -0.379 e. The zero-order valence-corrected chi connectivity index (χ0v) is 12.5. The van der Waals surface area contributed by atoms with Crippen molar-refractivity contribution in [2.45, 2.75) is 19.3 Å². The van der Waals surface area contributed by atoms with Gasteiger partial charge in [0.2, 0.25) is 5.91 Å². The van der Waals surface area contributed by atoms with Crippen LogP contribution in [0.4, 0.5) is 17.1 Å². The van der Waals surface area contributed by atoms with Crippen molar-refractivity contribution in [3.63, 3.8) is 0 Å². The van der Waals surface area contributed by atoms with Crippen LogP contribution in [0.15, 0.2) is 12.1 Å². The summed E-state index contributed by atoms with van der Waals surface area (Å²) < 4.78 is 11.0. The Hall–Kier alpha value is -1.96. The van der Waals surface area contributed by atoms with Gasteiger partial charge in [0.05, 0.1) is 4.92 Å². The number of carbonyl (C=O) groups is 1. The molecule has 1 aromatic carbocycles. The van der Waals surface area contributed by atoms with Crippen LogP contribution in [0.1, 0.15) is 18.4 Å². The summed E-state index contributed by atoms with van der Waals surface area (Å²) in [5.41, 5.74) is 1.78. The molecule has 0 saturated heterocycles. The van der Waals surface area contributed by atoms with Gasteiger partial charge in [0, 0.05) is 47.5 Å². The van der Waals surface area contributed by atoms with Gasteiger partial charge in [0.1, 0.15) is 5.69 Å². The quantitative estimate of drug-likeness (QED) is 0.472. The molecule has 7 nitrogen and oxygen atoms in total. The maximum atomic E-state index is 11.4. The van der Waals surface area contributed by atoms with E-state index in [0.717, 1.165) is 5.56 Å². The summed E-state index contributed by atoms with van der Waals surface area (Å²) in [5, 5.41) is 16.9. The summed E-state index contributed by atoms with van der Waals surface area (Å²) in [6, 6.07) is 3.11. The Balaban J connectivity index is 2.17. The standard InChI is InChI=1S/C13H17N3O4S/c1-21(20)6-2-5-14-11-8-10-9(3-4-13(17)15-10)7-12(11)16(18)19/h7-8,14H,2-6H2,1H3,(H,15,17)/t21-/m1/s1. The third-order valence-electron chi connectivity index (χ3n) is 3.24. The van der Waals surface area contributed by atoms with E-state index in [1.165, 1.54) is 6.07 Å². The topological polar surface area (TPSA) is 101 Å². The van der Waals surface area contributed by atoms with Gasteiger partial charge in [-0.2, -0.15) is 0 Å². The molecule has 8 heteroatoms. The molecular formula is C13H17N3O4S. The smallest absolute Gasteiger partial charge is 0.292 e. The van der Waals surface area contributed by atoms with Gasteiger partial charge in [-0.15, -0.1) is 0 Å². The number of rotatable bonds is 6. The summed E-state index contributed by atoms with van der Waals surface area (Å²) in [6.45, 7) is 0.493. The molecule has 2 N–H and O–H groups in total. The Bertz CT molecular complexity index is 603. The second-order valence-electron chi connectivity index (χ2n) is 4.89. The Morgan fingerprint density at radius 3 is 2.86 bits per heavy atom. The van der Waals surface area contributed by atoms with Gasteiger partial charge in [-0.05, 0) is 24.5 Å². The molecule has 0 fully saturated rings. The first-order valence-electron chi connectivity index (χ1n) is 6.62. The largest absolute Gasteiger partial charge is 0.379 e. The van der Waals surface area contributed by atoms with E-state index < -0.39 is 15.7 Å². The predicted octanol–water partition coefficient (Wildman–Crippen LogP) is 1.66. The lowest BCUT2D eigenvalue weighted by Gasteiger charge is -2.18. The monoisotopic (exact) mass is 311 g/mol. The number of hydrogen-bond acceptors (Lipinski definition) is 5. The van der Waals surface area contributed by atoms with Crippen LogP contribution in [0.3, 0.4) is 0 Å². The normalized spacial score (nSPS) is 15.0. The summed E-state index contributed by atoms with van der Waals surface area (Å²) in [4.78, 5) is 22.1. The Morgan fingerprint density at radius 2 is 2.19 bits per heavy atom. The fraction of sp³-hybridized carbons (Fsp3) is 0.462. The number of amides is 1. The lowest BCUT2D eigenvalue weighted by molar-refractivity contribution is -0.384. The van der Waals surface area contributed by atoms with Crippen molar-refractivity contribution < 1.29 is 13.9 Å². The highest BCUT2D eigenvalue weighted by atomic mass is 32.2. The third kappa shape index (κ3) is 4.01. The molecule has 1 aromatic rings. The number of anilines is 2. The van der Waals surface area contributed by atoms with Gasteiger partial charge in [-0.25, -0.2) is 0 Å². The highest BCUT2D eigenvalue weighted by molar-refractivity contribution is 7.84. The van der Waals surface area contributed by atoms with Crippen LogP contribution < -0.4 is 10.6 Å². The van der Waals surface area contributed by atoms with Gasteiger partial charge < -0.3 is 10.6 Å². The minimum absolute atomic E-state index is 0.00233. The van der Waals surface area contributed by atoms with Crippen molar-refractivity contribution in [3.05, 3.63) is 27.8 Å². The van der Waals surface area contributed by atoms with Crippen LogP contribution in [0.5, 0.6) is 0 Å². The van der Waals surface area contributed by atoms with E-state index in [2.05, 4.69) is 10.6 Å². The molecule has 0 unspecified atom stereocenters. The van der Waals surface area contributed by atoms with E-state index in [1.807, 2.05) is 0 Å². The summed E-state index contributed by atoms with van der Waals surface area (Å²) >= 11 is 0. The molecule has 0 radical (unpaired) electrons. The van der Waals surface area contributed by atoms with Crippen LogP contribution in [0.25, 0.3) is 0 Å². The molecule has 114 valence electrons. The fourth-order valence-electron chi connectivity index (χ4n) is 2.21. The first-order chi connectivity index (χ1) is 9.97. The number of nitro groups is 1. The van der Waals surface area contributed by atoms with Gasteiger partial charge >= 0.3 is 0 Å². The average molecular weight is 311 g/mol. The summed E-state index contributed by atoms with van der Waals surface area (Å²) in [5.74, 6) is 0.464. The highest BCUT2D eigenvalue weighted by Gasteiger charge is 2.22. The molecule has 21 heavy (non-hydrogen) atoms. The number of nitrogens with one attached hydrogen (secondary N) is 2. The number of aryl methyl sites for hydroxylation is 1. The first kappa shape index (κ1) is 15.4. The number of benzene rings is 1. The Kier molecular flexibility index (Phi) is 4.89. The number of fused-ring (bicyclic) bond motifs is 1. The molecule has 0 bridgehead atoms. The number of nitro benzene ring substituents is 1. The lowest BCUT2D eigenvalue weighted by Crippen LogP contribution is -2.19. The summed E-state index contributed by atoms with van der Waals surface area (Å²) in [7, 11) is -0.875. The number of hydrogen-bond donors (Lipinski definition) is 2. The maximum Gasteiger partial charge on any atom is 0.292 e. The number of carbonyl (C=O) groups excluding carboxylic acids is 1. The molecule has 1 atom stereocenters. The summed E-state index contributed by atoms with van der Waals surface area (Å²) in [6.07, 6.45) is 3.14. The van der Waals surface area contributed by atoms with Crippen LogP contribution in [0.2, 0.25) is 0 Å². The fourth-order valence-corrected chi connectivity index (χ4v) is 2.76. The molecular weight excluding hydrogens is 294 g/mol. The van der Waals surface area contributed by atoms with Gasteiger partial charge in [0.25, 0.3) is 5.69 Å². The zero-order chi connectivity index (χ0) is 15.4. The van der Waals surface area contributed by atoms with Crippen molar-refractivity contribution in [3.8, 4) is 0 Å². The minimum atomic E-state index is -0.875. The van der Waals surface area contributed by atoms with Crippen LogP contribution in [-0.2, 0) is 22.0 Å². The Labute approximate surface area is 124 Å². The van der Waals surface area contributed by atoms with Crippen molar-refractivity contribution in [2.24, 2.45) is 0 Å². The average Bonchev–Trinajstić information content (AvgIpc) is 2.42. The van der Waals surface area contributed by atoms with E-state index in [4.69, 9.17) is 0 Å². The van der Waals surface area contributed by atoms with Gasteiger partial charge in [0.15, 0.2) is 0 Å². The van der Waals surface area contributed by atoms with E-state index >= 15 is 0 Å². The molecule has 2 rings (SSSR count). The Morgan fingerprint density at radius 1 is 1.43 bits per heavy atom. The van der Waals surface area contributed by atoms with Crippen molar-refractivity contribution >= 4 is 33.8 Å². The van der Waals surface area contributed by atoms with Crippen molar-refractivity contribution in [2.75, 3.05) is 29.2 Å². The van der Waals surface area contributed by atoms with Gasteiger partial charge in [-0.1, -0.05) is 0 Å². The van der Waals surface area contributed by atoms with Gasteiger partial charge in [-0.3, -0.25) is 19.1 Å². The molecule has 1 heterocycles. The third-order valence-corrected chi connectivity index (χ3v) is 4.10. The SMILES string of the molecule is C[S@@](=O)CCCNc1cc2c(cc1[N+](=O)[O-])CCC(=O)N2. The number of nitrogens with zero attached hydrogens (tertiary/aromatic N) is 1. The highest BCUT2D eigenvalue weighted by Crippen LogP contribution is 2.34. The van der Waals surface area contributed by atoms with Crippen LogP contribution in [0, 0.1) is 10.1 Å². The van der Waals surface area contributed by atoms with Crippen LogP contribution in [-0.4, -0.2) is 33.6 Å². The molecule has 1 aliphatic rings. The van der Waals surface area contributed by atoms with Crippen LogP contribution >= 0.6 is 0 Å². The molecule has 1 amide bonds. The molecule has 0 aromatic heterocycles. The first-order valence-corrected chi connectivity index (χ1v) is 8.35. The van der Waals surface area contributed by atoms with Crippen molar-refractivity contribution in [1.29, 1.82) is 0 Å². The van der Waals surface area contributed by atoms with E-state index in [9.17, 15) is 19.1 Å². The second kappa shape index (κ2) is 6.66. The van der Waals surface area contributed by atoms with E-state index in [1.54, 1.807) is 12.3 Å². The van der Waals surface area contributed by atoms with Crippen molar-refractivity contribution in [1.82, 2.24) is 0 Å².